The van der Waals surface area contributed by atoms with Gasteiger partial charge < -0.3 is 5.32 Å². The Morgan fingerprint density at radius 3 is 2.50 bits per heavy atom. The third-order valence-electron chi connectivity index (χ3n) is 4.22. The van der Waals surface area contributed by atoms with Gasteiger partial charge in [-0.2, -0.15) is 0 Å². The van der Waals surface area contributed by atoms with Gasteiger partial charge in [-0.15, -0.1) is 0 Å². The summed E-state index contributed by atoms with van der Waals surface area (Å²) in [5.41, 5.74) is 6.34. The fraction of sp³-hybridized carbons (Fsp3) is 0.474. The van der Waals surface area contributed by atoms with Gasteiger partial charge in [0.1, 0.15) is 0 Å². The molecule has 1 aromatic rings. The minimum absolute atomic E-state index is 1.14. The largest absolute Gasteiger partial charge is 0.358 e. The van der Waals surface area contributed by atoms with Gasteiger partial charge in [-0.05, 0) is 37.0 Å². The number of unbranched alkanes of at least 4 members (excludes halogenated alkanes) is 5. The van der Waals surface area contributed by atoms with Crippen molar-refractivity contribution < 1.29 is 0 Å². The highest BCUT2D eigenvalue weighted by Gasteiger charge is 2.17. The first-order valence-corrected chi connectivity index (χ1v) is 7.99. The molecular formula is C19H27N. The molecule has 1 aliphatic heterocycles. The zero-order valence-corrected chi connectivity index (χ0v) is 13.0. The topological polar surface area (TPSA) is 12.0 Å². The molecule has 0 aromatic heterocycles. The Morgan fingerprint density at radius 1 is 1.00 bits per heavy atom. The first-order valence-electron chi connectivity index (χ1n) is 7.99. The van der Waals surface area contributed by atoms with Crippen molar-refractivity contribution in [2.75, 3.05) is 5.32 Å². The summed E-state index contributed by atoms with van der Waals surface area (Å²) in [6.45, 7) is 8.72. The summed E-state index contributed by atoms with van der Waals surface area (Å²) < 4.78 is 0. The number of benzene rings is 1. The van der Waals surface area contributed by atoms with E-state index in [1.807, 2.05) is 0 Å². The lowest BCUT2D eigenvalue weighted by atomic mass is 9.92. The highest BCUT2D eigenvalue weighted by atomic mass is 14.9. The molecule has 0 amide bonds. The van der Waals surface area contributed by atoms with Crippen LogP contribution in [0.15, 0.2) is 42.1 Å². The second-order valence-corrected chi connectivity index (χ2v) is 5.77. The van der Waals surface area contributed by atoms with Crippen LogP contribution in [0.5, 0.6) is 0 Å². The molecule has 0 saturated heterocycles. The molecule has 0 unspecified atom stereocenters. The smallest absolute Gasteiger partial charge is 0.0461 e. The average Bonchev–Trinajstić information content (AvgIpc) is 2.47. The molecule has 0 saturated carbocycles. The molecule has 1 heterocycles. The first kappa shape index (κ1) is 14.9. The molecular weight excluding hydrogens is 242 g/mol. The Kier molecular flexibility index (Phi) is 5.46. The Bertz CT molecular complexity index is 496. The molecule has 1 N–H and O–H groups in total. The summed E-state index contributed by atoms with van der Waals surface area (Å²) in [4.78, 5) is 0. The molecule has 0 fully saturated rings. The third-order valence-corrected chi connectivity index (χ3v) is 4.22. The zero-order valence-electron chi connectivity index (χ0n) is 13.0. The maximum absolute atomic E-state index is 4.26. The number of anilines is 1. The van der Waals surface area contributed by atoms with E-state index in [-0.39, 0.29) is 0 Å². The normalized spacial score (nSPS) is 14.2. The summed E-state index contributed by atoms with van der Waals surface area (Å²) >= 11 is 0. The minimum Gasteiger partial charge on any atom is -0.358 e. The predicted octanol–water partition coefficient (Wildman–Crippen LogP) is 6.15. The second kappa shape index (κ2) is 7.33. The number of rotatable bonds is 7. The zero-order chi connectivity index (χ0) is 14.4. The molecule has 1 aliphatic rings. The van der Waals surface area contributed by atoms with E-state index < -0.39 is 0 Å². The Balaban J connectivity index is 1.89. The van der Waals surface area contributed by atoms with Crippen LogP contribution in [0.2, 0.25) is 0 Å². The predicted molar refractivity (Wildman–Crippen MR) is 89.8 cm³/mol. The molecule has 1 heteroatoms. The van der Waals surface area contributed by atoms with Crippen LogP contribution >= 0.6 is 0 Å². The van der Waals surface area contributed by atoms with Crippen LogP contribution in [0, 0.1) is 0 Å². The van der Waals surface area contributed by atoms with Crippen molar-refractivity contribution in [3.8, 4) is 0 Å². The maximum atomic E-state index is 4.26. The lowest BCUT2D eigenvalue weighted by Crippen LogP contribution is -2.10. The van der Waals surface area contributed by atoms with Gasteiger partial charge >= 0.3 is 0 Å². The van der Waals surface area contributed by atoms with Crippen LogP contribution in [-0.2, 0) is 0 Å². The second-order valence-electron chi connectivity index (χ2n) is 5.77. The molecule has 0 aliphatic carbocycles. The van der Waals surface area contributed by atoms with Gasteiger partial charge in [0.25, 0.3) is 0 Å². The van der Waals surface area contributed by atoms with Gasteiger partial charge in [0.2, 0.25) is 0 Å². The molecule has 0 bridgehead atoms. The van der Waals surface area contributed by atoms with Gasteiger partial charge in [-0.1, -0.05) is 63.8 Å². The SMILES string of the molecule is C=C1C(C)=C(CCCCCCCC)Nc2ccccc21. The molecule has 20 heavy (non-hydrogen) atoms. The quantitative estimate of drug-likeness (QED) is 0.585. The van der Waals surface area contributed by atoms with E-state index in [1.54, 1.807) is 0 Å². The van der Waals surface area contributed by atoms with Gasteiger partial charge in [-0.3, -0.25) is 0 Å². The van der Waals surface area contributed by atoms with Crippen molar-refractivity contribution in [2.45, 2.75) is 58.8 Å². The van der Waals surface area contributed by atoms with Crippen molar-refractivity contribution >= 4 is 11.3 Å². The third kappa shape index (κ3) is 3.53. The van der Waals surface area contributed by atoms with Crippen LogP contribution < -0.4 is 5.32 Å². The minimum atomic E-state index is 1.14. The van der Waals surface area contributed by atoms with Gasteiger partial charge in [0.15, 0.2) is 0 Å². The Hall–Kier alpha value is -1.50. The number of hydrogen-bond donors (Lipinski definition) is 1. The lowest BCUT2D eigenvalue weighted by Gasteiger charge is -2.25. The highest BCUT2D eigenvalue weighted by molar-refractivity contribution is 5.88. The molecule has 0 spiro atoms. The standard InChI is InChI=1S/C19H27N/c1-4-5-6-7-8-9-13-18-16(3)15(2)17-12-10-11-14-19(17)20-18/h10-12,14,20H,2,4-9,13H2,1,3H3. The molecule has 1 aromatic carbocycles. The number of fused-ring (bicyclic) bond motifs is 1. The van der Waals surface area contributed by atoms with Crippen LogP contribution in [0.1, 0.15) is 64.4 Å². The van der Waals surface area contributed by atoms with E-state index in [4.69, 9.17) is 0 Å². The summed E-state index contributed by atoms with van der Waals surface area (Å²) in [5, 5.41) is 3.60. The molecule has 2 rings (SSSR count). The highest BCUT2D eigenvalue weighted by Crippen LogP contribution is 2.36. The van der Waals surface area contributed by atoms with Crippen LogP contribution in [0.4, 0.5) is 5.69 Å². The Morgan fingerprint density at radius 2 is 1.70 bits per heavy atom. The van der Waals surface area contributed by atoms with Gasteiger partial charge in [0.05, 0.1) is 0 Å². The first-order chi connectivity index (χ1) is 9.74. The fourth-order valence-corrected chi connectivity index (χ4v) is 2.83. The number of hydrogen-bond acceptors (Lipinski definition) is 1. The Labute approximate surface area is 123 Å². The van der Waals surface area contributed by atoms with Gasteiger partial charge in [0, 0.05) is 16.9 Å². The van der Waals surface area contributed by atoms with Crippen molar-refractivity contribution in [1.29, 1.82) is 0 Å². The van der Waals surface area contributed by atoms with Crippen molar-refractivity contribution in [2.24, 2.45) is 0 Å². The average molecular weight is 269 g/mol. The molecule has 0 atom stereocenters. The summed E-state index contributed by atoms with van der Waals surface area (Å²) in [5.74, 6) is 0. The van der Waals surface area contributed by atoms with E-state index in [0.717, 1.165) is 6.42 Å². The van der Waals surface area contributed by atoms with E-state index in [2.05, 4.69) is 50.0 Å². The number of allylic oxidation sites excluding steroid dienone is 3. The van der Waals surface area contributed by atoms with Crippen LogP contribution in [0.3, 0.4) is 0 Å². The van der Waals surface area contributed by atoms with Gasteiger partial charge in [-0.25, -0.2) is 0 Å². The monoisotopic (exact) mass is 269 g/mol. The number of para-hydroxylation sites is 1. The van der Waals surface area contributed by atoms with Crippen LogP contribution in [0.25, 0.3) is 5.57 Å². The molecule has 0 radical (unpaired) electrons. The fourth-order valence-electron chi connectivity index (χ4n) is 2.83. The van der Waals surface area contributed by atoms with E-state index in [0.29, 0.717) is 0 Å². The van der Waals surface area contributed by atoms with Crippen LogP contribution in [-0.4, -0.2) is 0 Å². The van der Waals surface area contributed by atoms with E-state index in [9.17, 15) is 0 Å². The van der Waals surface area contributed by atoms with Crippen molar-refractivity contribution in [1.82, 2.24) is 0 Å². The summed E-state index contributed by atoms with van der Waals surface area (Å²) in [6.07, 6.45) is 9.22. The summed E-state index contributed by atoms with van der Waals surface area (Å²) in [6, 6.07) is 8.46. The number of nitrogens with one attached hydrogen (secondary N) is 1. The molecule has 1 nitrogen and oxygen atoms in total. The summed E-state index contributed by atoms with van der Waals surface area (Å²) in [7, 11) is 0. The molecule has 108 valence electrons. The van der Waals surface area contributed by atoms with Crippen molar-refractivity contribution in [3.63, 3.8) is 0 Å². The van der Waals surface area contributed by atoms with Crippen molar-refractivity contribution in [3.05, 3.63) is 47.7 Å². The van der Waals surface area contributed by atoms with E-state index in [1.165, 1.54) is 66.6 Å². The maximum Gasteiger partial charge on any atom is 0.0461 e. The lowest BCUT2D eigenvalue weighted by molar-refractivity contribution is 0.606. The van der Waals surface area contributed by atoms with E-state index >= 15 is 0 Å².